The summed E-state index contributed by atoms with van der Waals surface area (Å²) in [6.45, 7) is 4.16. The summed E-state index contributed by atoms with van der Waals surface area (Å²) in [6, 6.07) is 12.5. The molecule has 1 N–H and O–H groups in total. The first kappa shape index (κ1) is 21.5. The highest BCUT2D eigenvalue weighted by Gasteiger charge is 2.29. The van der Waals surface area contributed by atoms with Gasteiger partial charge in [-0.05, 0) is 75.6 Å². The molecule has 1 aliphatic rings. The molecule has 0 saturated carbocycles. The van der Waals surface area contributed by atoms with Crippen molar-refractivity contribution in [3.63, 3.8) is 0 Å². The van der Waals surface area contributed by atoms with Crippen molar-refractivity contribution in [2.45, 2.75) is 45.2 Å². The van der Waals surface area contributed by atoms with E-state index in [1.807, 2.05) is 4.90 Å². The summed E-state index contributed by atoms with van der Waals surface area (Å²) in [7, 11) is 0. The Morgan fingerprint density at radius 2 is 1.81 bits per heavy atom. The van der Waals surface area contributed by atoms with E-state index in [4.69, 9.17) is 4.74 Å². The summed E-state index contributed by atoms with van der Waals surface area (Å²) < 4.78 is 7.29. The molecular formula is C24H27N5O3. The Labute approximate surface area is 187 Å². The Morgan fingerprint density at radius 3 is 2.50 bits per heavy atom. The zero-order valence-electron chi connectivity index (χ0n) is 18.3. The number of rotatable bonds is 6. The Balaban J connectivity index is 1.37. The topological polar surface area (TPSA) is 89.4 Å². The van der Waals surface area contributed by atoms with E-state index in [9.17, 15) is 9.59 Å². The number of likely N-dealkylation sites (tertiary alicyclic amines) is 1. The molecular weight excluding hydrogens is 406 g/mol. The molecule has 2 unspecified atom stereocenters. The SMILES string of the molecule is CC1CCCC(C)N1C(=O)COc1ccc(C(=O)Nc2cccnc2-n2cccn2)cc1. The smallest absolute Gasteiger partial charge is 0.260 e. The second-order valence-corrected chi connectivity index (χ2v) is 8.02. The van der Waals surface area contributed by atoms with E-state index < -0.39 is 0 Å². The number of carbonyl (C=O) groups is 2. The lowest BCUT2D eigenvalue weighted by Crippen LogP contribution is -2.49. The van der Waals surface area contributed by atoms with Crippen LogP contribution >= 0.6 is 0 Å². The quantitative estimate of drug-likeness (QED) is 0.640. The first-order valence-corrected chi connectivity index (χ1v) is 10.8. The number of nitrogens with zero attached hydrogens (tertiary/aromatic N) is 4. The molecule has 1 saturated heterocycles. The predicted octanol–water partition coefficient (Wildman–Crippen LogP) is 3.69. The minimum Gasteiger partial charge on any atom is -0.484 e. The zero-order chi connectivity index (χ0) is 22.5. The summed E-state index contributed by atoms with van der Waals surface area (Å²) in [6.07, 6.45) is 8.26. The highest BCUT2D eigenvalue weighted by atomic mass is 16.5. The second-order valence-electron chi connectivity index (χ2n) is 8.02. The van der Waals surface area contributed by atoms with Crippen molar-refractivity contribution in [1.29, 1.82) is 0 Å². The van der Waals surface area contributed by atoms with Gasteiger partial charge < -0.3 is 15.0 Å². The molecule has 0 aliphatic carbocycles. The number of hydrogen-bond donors (Lipinski definition) is 1. The number of anilines is 1. The minimum absolute atomic E-state index is 0.00533. The standard InChI is InChI=1S/C24H27N5O3/c1-17-6-3-7-18(2)29(17)22(30)16-32-20-11-9-19(10-12-20)24(31)27-21-8-4-13-25-23(21)28-15-5-14-26-28/h4-5,8-15,17-18H,3,6-7,16H2,1-2H3,(H,27,31). The Hall–Kier alpha value is -3.68. The molecule has 2 aromatic heterocycles. The van der Waals surface area contributed by atoms with Gasteiger partial charge in [-0.15, -0.1) is 0 Å². The molecule has 1 aromatic carbocycles. The predicted molar refractivity (Wildman–Crippen MR) is 121 cm³/mol. The normalized spacial score (nSPS) is 18.2. The molecule has 8 nitrogen and oxygen atoms in total. The number of pyridine rings is 1. The third-order valence-corrected chi connectivity index (χ3v) is 5.72. The molecule has 166 valence electrons. The van der Waals surface area contributed by atoms with Gasteiger partial charge in [0.1, 0.15) is 5.75 Å². The fraction of sp³-hybridized carbons (Fsp3) is 0.333. The largest absolute Gasteiger partial charge is 0.484 e. The Kier molecular flexibility index (Phi) is 6.49. The Morgan fingerprint density at radius 1 is 1.06 bits per heavy atom. The maximum absolute atomic E-state index is 12.7. The van der Waals surface area contributed by atoms with Crippen molar-refractivity contribution in [1.82, 2.24) is 19.7 Å². The number of amides is 2. The number of ether oxygens (including phenoxy) is 1. The molecule has 2 amide bonds. The number of hydrogen-bond acceptors (Lipinski definition) is 5. The number of aromatic nitrogens is 3. The fourth-order valence-electron chi connectivity index (χ4n) is 4.10. The summed E-state index contributed by atoms with van der Waals surface area (Å²) in [4.78, 5) is 31.6. The van der Waals surface area contributed by atoms with E-state index in [1.54, 1.807) is 65.7 Å². The maximum atomic E-state index is 12.7. The van der Waals surface area contributed by atoms with Crippen molar-refractivity contribution in [2.75, 3.05) is 11.9 Å². The summed E-state index contributed by atoms with van der Waals surface area (Å²) in [5.41, 5.74) is 1.02. The summed E-state index contributed by atoms with van der Waals surface area (Å²) in [5.74, 6) is 0.801. The molecule has 0 radical (unpaired) electrons. The Bertz CT molecular complexity index is 1060. The van der Waals surface area contributed by atoms with E-state index in [0.29, 0.717) is 22.8 Å². The van der Waals surface area contributed by atoms with Crippen molar-refractivity contribution in [3.8, 4) is 11.6 Å². The highest BCUT2D eigenvalue weighted by molar-refractivity contribution is 6.05. The molecule has 3 heterocycles. The van der Waals surface area contributed by atoms with E-state index in [-0.39, 0.29) is 30.5 Å². The number of piperidine rings is 1. The molecule has 32 heavy (non-hydrogen) atoms. The van der Waals surface area contributed by atoms with Gasteiger partial charge in [0.25, 0.3) is 11.8 Å². The van der Waals surface area contributed by atoms with Gasteiger partial charge >= 0.3 is 0 Å². The average molecular weight is 434 g/mol. The van der Waals surface area contributed by atoms with Gasteiger partial charge in [-0.2, -0.15) is 5.10 Å². The van der Waals surface area contributed by atoms with E-state index in [0.717, 1.165) is 19.3 Å². The average Bonchev–Trinajstić information content (AvgIpc) is 3.33. The minimum atomic E-state index is -0.273. The van der Waals surface area contributed by atoms with Crippen molar-refractivity contribution < 1.29 is 14.3 Å². The van der Waals surface area contributed by atoms with Gasteiger partial charge in [-0.3, -0.25) is 9.59 Å². The van der Waals surface area contributed by atoms with E-state index >= 15 is 0 Å². The summed E-state index contributed by atoms with van der Waals surface area (Å²) in [5, 5.41) is 7.05. The monoisotopic (exact) mass is 433 g/mol. The lowest BCUT2D eigenvalue weighted by molar-refractivity contribution is -0.139. The molecule has 0 spiro atoms. The first-order valence-electron chi connectivity index (χ1n) is 10.8. The lowest BCUT2D eigenvalue weighted by atomic mass is 9.97. The molecule has 2 atom stereocenters. The van der Waals surface area contributed by atoms with E-state index in [1.165, 1.54) is 0 Å². The van der Waals surface area contributed by atoms with Crippen LogP contribution in [0.1, 0.15) is 43.5 Å². The van der Waals surface area contributed by atoms with Crippen LogP contribution in [0.25, 0.3) is 5.82 Å². The van der Waals surface area contributed by atoms with Gasteiger partial charge in [-0.1, -0.05) is 0 Å². The molecule has 4 rings (SSSR count). The van der Waals surface area contributed by atoms with Crippen LogP contribution in [-0.4, -0.2) is 50.2 Å². The van der Waals surface area contributed by atoms with Gasteiger partial charge in [0.2, 0.25) is 0 Å². The van der Waals surface area contributed by atoms with E-state index in [2.05, 4.69) is 29.2 Å². The second kappa shape index (κ2) is 9.64. The van der Waals surface area contributed by atoms with Crippen LogP contribution in [0.15, 0.2) is 61.1 Å². The lowest BCUT2D eigenvalue weighted by Gasteiger charge is -2.38. The van der Waals surface area contributed by atoms with Crippen LogP contribution in [0.4, 0.5) is 5.69 Å². The van der Waals surface area contributed by atoms with Crippen molar-refractivity contribution >= 4 is 17.5 Å². The third kappa shape index (κ3) is 4.80. The zero-order valence-corrected chi connectivity index (χ0v) is 18.3. The van der Waals surface area contributed by atoms with Gasteiger partial charge in [0.15, 0.2) is 12.4 Å². The van der Waals surface area contributed by atoms with Crippen LogP contribution in [0, 0.1) is 0 Å². The highest BCUT2D eigenvalue weighted by Crippen LogP contribution is 2.23. The molecule has 1 aliphatic heterocycles. The molecule has 8 heteroatoms. The first-order chi connectivity index (χ1) is 15.5. The van der Waals surface area contributed by atoms with Crippen molar-refractivity contribution in [3.05, 3.63) is 66.6 Å². The molecule has 3 aromatic rings. The third-order valence-electron chi connectivity index (χ3n) is 5.72. The van der Waals surface area contributed by atoms with Crippen LogP contribution in [0.2, 0.25) is 0 Å². The number of nitrogens with one attached hydrogen (secondary N) is 1. The van der Waals surface area contributed by atoms with Crippen molar-refractivity contribution in [2.24, 2.45) is 0 Å². The molecule has 0 bridgehead atoms. The van der Waals surface area contributed by atoms with Crippen LogP contribution < -0.4 is 10.1 Å². The number of carbonyl (C=O) groups excluding carboxylic acids is 2. The molecule has 1 fully saturated rings. The summed E-state index contributed by atoms with van der Waals surface area (Å²) >= 11 is 0. The fourth-order valence-corrected chi connectivity index (χ4v) is 4.10. The number of benzene rings is 1. The van der Waals surface area contributed by atoms with Crippen LogP contribution in [0.3, 0.4) is 0 Å². The van der Waals surface area contributed by atoms with Crippen LogP contribution in [0.5, 0.6) is 5.75 Å². The maximum Gasteiger partial charge on any atom is 0.260 e. The van der Waals surface area contributed by atoms with Crippen LogP contribution in [-0.2, 0) is 4.79 Å². The van der Waals surface area contributed by atoms with Gasteiger partial charge in [-0.25, -0.2) is 9.67 Å². The van der Waals surface area contributed by atoms with Gasteiger partial charge in [0, 0.05) is 36.2 Å². The van der Waals surface area contributed by atoms with Gasteiger partial charge in [0.05, 0.1) is 5.69 Å².